The molecule has 1 aromatic heterocycles. The Hall–Kier alpha value is -0.910. The topological polar surface area (TPSA) is 56.5 Å². The molecular weight excluding hydrogens is 220 g/mol. The number of nitrogens with zero attached hydrogens (tertiary/aromatic N) is 2. The lowest BCUT2D eigenvalue weighted by Gasteiger charge is -2.26. The molecule has 0 fully saturated rings. The van der Waals surface area contributed by atoms with Gasteiger partial charge in [-0.3, -0.25) is 0 Å². The van der Waals surface area contributed by atoms with Crippen molar-refractivity contribution in [1.82, 2.24) is 9.55 Å². The van der Waals surface area contributed by atoms with Crippen LogP contribution >= 0.6 is 0 Å². The highest BCUT2D eigenvalue weighted by atomic mass is 16.7. The van der Waals surface area contributed by atoms with Crippen LogP contribution in [0.5, 0.6) is 0 Å². The molecule has 98 valence electrons. The third-order valence-corrected chi connectivity index (χ3v) is 2.94. The summed E-state index contributed by atoms with van der Waals surface area (Å²) < 4.78 is 12.1. The van der Waals surface area contributed by atoms with Crippen LogP contribution in [0, 0.1) is 0 Å². The maximum atomic E-state index is 10.2. The Kier molecular flexibility index (Phi) is 5.11. The monoisotopic (exact) mass is 242 g/mol. The number of hydrogen-bond donors (Lipinski definition) is 1. The first-order chi connectivity index (χ1) is 7.98. The van der Waals surface area contributed by atoms with Gasteiger partial charge in [-0.25, -0.2) is 4.98 Å². The number of aromatic nitrogens is 2. The minimum atomic E-state index is -0.817. The number of aliphatic hydroxyl groups is 1. The number of ether oxygens (including phenoxy) is 2. The van der Waals surface area contributed by atoms with Crippen molar-refractivity contribution in [1.29, 1.82) is 0 Å². The molecule has 5 heteroatoms. The van der Waals surface area contributed by atoms with E-state index in [4.69, 9.17) is 9.47 Å². The fourth-order valence-electron chi connectivity index (χ4n) is 1.74. The van der Waals surface area contributed by atoms with E-state index in [-0.39, 0.29) is 6.29 Å². The molecule has 0 aliphatic heterocycles. The van der Waals surface area contributed by atoms with E-state index in [1.807, 2.05) is 17.8 Å². The van der Waals surface area contributed by atoms with Gasteiger partial charge in [-0.05, 0) is 13.3 Å². The highest BCUT2D eigenvalue weighted by Gasteiger charge is 2.25. The summed E-state index contributed by atoms with van der Waals surface area (Å²) in [6.07, 6.45) is 5.10. The summed E-state index contributed by atoms with van der Waals surface area (Å²) >= 11 is 0. The van der Waals surface area contributed by atoms with E-state index < -0.39 is 5.60 Å². The lowest BCUT2D eigenvalue weighted by molar-refractivity contribution is -0.141. The summed E-state index contributed by atoms with van der Waals surface area (Å²) in [5, 5.41) is 10.2. The molecule has 0 saturated carbocycles. The Morgan fingerprint density at radius 2 is 2.12 bits per heavy atom. The lowest BCUT2D eigenvalue weighted by atomic mass is 9.95. The Bertz CT molecular complexity index is 332. The number of hydrogen-bond acceptors (Lipinski definition) is 4. The first-order valence-corrected chi connectivity index (χ1v) is 5.72. The molecule has 1 N–H and O–H groups in total. The molecule has 0 radical (unpaired) electrons. The van der Waals surface area contributed by atoms with Crippen LogP contribution in [0.3, 0.4) is 0 Å². The van der Waals surface area contributed by atoms with Gasteiger partial charge in [0.1, 0.15) is 5.82 Å². The van der Waals surface area contributed by atoms with Gasteiger partial charge in [0.05, 0.1) is 5.60 Å². The van der Waals surface area contributed by atoms with Crippen molar-refractivity contribution in [3.63, 3.8) is 0 Å². The second-order valence-corrected chi connectivity index (χ2v) is 4.56. The fourth-order valence-corrected chi connectivity index (χ4v) is 1.74. The molecular formula is C12H22N2O3. The van der Waals surface area contributed by atoms with E-state index in [0.717, 1.165) is 12.2 Å². The minimum absolute atomic E-state index is 0.369. The van der Waals surface area contributed by atoms with E-state index in [1.54, 1.807) is 27.3 Å². The first kappa shape index (κ1) is 14.2. The van der Waals surface area contributed by atoms with Crippen LogP contribution in [-0.4, -0.2) is 40.8 Å². The number of methoxy groups -OCH3 is 2. The molecule has 0 aliphatic rings. The van der Waals surface area contributed by atoms with Crippen LogP contribution in [0.2, 0.25) is 0 Å². The van der Waals surface area contributed by atoms with Crippen molar-refractivity contribution < 1.29 is 14.6 Å². The smallest absolute Gasteiger partial charge is 0.159 e. The maximum absolute atomic E-state index is 10.2. The molecule has 0 amide bonds. The molecule has 17 heavy (non-hydrogen) atoms. The highest BCUT2D eigenvalue weighted by molar-refractivity contribution is 4.93. The van der Waals surface area contributed by atoms with Crippen LogP contribution in [0.15, 0.2) is 12.4 Å². The Morgan fingerprint density at radius 1 is 1.47 bits per heavy atom. The second kappa shape index (κ2) is 6.14. The molecule has 0 saturated heterocycles. The molecule has 0 aliphatic carbocycles. The number of rotatable bonds is 7. The summed E-state index contributed by atoms with van der Waals surface area (Å²) in [4.78, 5) is 4.23. The van der Waals surface area contributed by atoms with Crippen molar-refractivity contribution in [3.05, 3.63) is 18.2 Å². The predicted molar refractivity (Wildman–Crippen MR) is 64.6 cm³/mol. The molecule has 1 aromatic rings. The first-order valence-electron chi connectivity index (χ1n) is 5.72. The van der Waals surface area contributed by atoms with E-state index in [9.17, 15) is 5.11 Å². The van der Waals surface area contributed by atoms with Crippen molar-refractivity contribution >= 4 is 0 Å². The summed E-state index contributed by atoms with van der Waals surface area (Å²) in [6, 6.07) is 0. The summed E-state index contributed by atoms with van der Waals surface area (Å²) in [5.41, 5.74) is -0.817. The lowest BCUT2D eigenvalue weighted by Crippen LogP contribution is -2.32. The normalized spacial score (nSPS) is 15.2. The molecule has 1 rings (SSSR count). The quantitative estimate of drug-likeness (QED) is 0.728. The van der Waals surface area contributed by atoms with Gasteiger partial charge >= 0.3 is 0 Å². The Labute approximate surface area is 102 Å². The van der Waals surface area contributed by atoms with Crippen LogP contribution in [0.1, 0.15) is 25.6 Å². The third-order valence-electron chi connectivity index (χ3n) is 2.94. The van der Waals surface area contributed by atoms with Gasteiger partial charge in [-0.2, -0.15) is 0 Å². The third kappa shape index (κ3) is 4.46. The second-order valence-electron chi connectivity index (χ2n) is 4.56. The Balaban J connectivity index is 2.46. The SMILES string of the molecule is COC(CC(C)(O)CCc1nccn1C)OC. The average Bonchev–Trinajstić information content (AvgIpc) is 2.69. The molecule has 0 aromatic carbocycles. The van der Waals surface area contributed by atoms with Crippen LogP contribution in [0.4, 0.5) is 0 Å². The fraction of sp³-hybridized carbons (Fsp3) is 0.750. The van der Waals surface area contributed by atoms with Crippen LogP contribution in [0.25, 0.3) is 0 Å². The largest absolute Gasteiger partial charge is 0.390 e. The zero-order valence-corrected chi connectivity index (χ0v) is 11.0. The van der Waals surface area contributed by atoms with Crippen molar-refractivity contribution in [3.8, 4) is 0 Å². The van der Waals surface area contributed by atoms with E-state index in [1.165, 1.54) is 0 Å². The van der Waals surface area contributed by atoms with Crippen LogP contribution in [-0.2, 0) is 22.9 Å². The van der Waals surface area contributed by atoms with Gasteiger partial charge in [0.2, 0.25) is 0 Å². The average molecular weight is 242 g/mol. The molecule has 1 atom stereocenters. The van der Waals surface area contributed by atoms with Gasteiger partial charge in [0, 0.05) is 46.5 Å². The van der Waals surface area contributed by atoms with Crippen molar-refractivity contribution in [2.24, 2.45) is 7.05 Å². The van der Waals surface area contributed by atoms with Gasteiger partial charge in [-0.1, -0.05) is 0 Å². The van der Waals surface area contributed by atoms with Gasteiger partial charge in [0.15, 0.2) is 6.29 Å². The predicted octanol–water partition coefficient (Wildman–Crippen LogP) is 1.11. The van der Waals surface area contributed by atoms with Crippen molar-refractivity contribution in [2.75, 3.05) is 14.2 Å². The molecule has 1 unspecified atom stereocenters. The molecule has 5 nitrogen and oxygen atoms in total. The maximum Gasteiger partial charge on any atom is 0.159 e. The summed E-state index contributed by atoms with van der Waals surface area (Å²) in [7, 11) is 5.09. The van der Waals surface area contributed by atoms with Gasteiger partial charge in [0.25, 0.3) is 0 Å². The summed E-state index contributed by atoms with van der Waals surface area (Å²) in [6.45, 7) is 1.79. The van der Waals surface area contributed by atoms with Crippen molar-refractivity contribution in [2.45, 2.75) is 38.1 Å². The van der Waals surface area contributed by atoms with E-state index >= 15 is 0 Å². The molecule has 0 spiro atoms. The van der Waals surface area contributed by atoms with E-state index in [0.29, 0.717) is 12.8 Å². The Morgan fingerprint density at radius 3 is 2.59 bits per heavy atom. The summed E-state index contributed by atoms with van der Waals surface area (Å²) in [5.74, 6) is 0.969. The molecule has 0 bridgehead atoms. The number of aryl methyl sites for hydroxylation is 2. The van der Waals surface area contributed by atoms with Gasteiger partial charge in [-0.15, -0.1) is 0 Å². The van der Waals surface area contributed by atoms with Crippen LogP contribution < -0.4 is 0 Å². The standard InChI is InChI=1S/C12H22N2O3/c1-12(15,9-11(16-3)17-4)6-5-10-13-7-8-14(10)2/h7-8,11,15H,5-6,9H2,1-4H3. The molecule has 1 heterocycles. The zero-order chi connectivity index (χ0) is 12.9. The zero-order valence-electron chi connectivity index (χ0n) is 11.0. The van der Waals surface area contributed by atoms with Gasteiger partial charge < -0.3 is 19.1 Å². The highest BCUT2D eigenvalue weighted by Crippen LogP contribution is 2.20. The number of imidazole rings is 1. The minimum Gasteiger partial charge on any atom is -0.390 e. The van der Waals surface area contributed by atoms with E-state index in [2.05, 4.69) is 4.98 Å².